The summed E-state index contributed by atoms with van der Waals surface area (Å²) in [5.74, 6) is -0.0119. The van der Waals surface area contributed by atoms with Crippen LogP contribution in [0.2, 0.25) is 0 Å². The number of carbonyl (C=O) groups excluding carboxylic acids is 1. The van der Waals surface area contributed by atoms with Gasteiger partial charge in [-0.1, -0.05) is 11.3 Å². The second-order valence-electron chi connectivity index (χ2n) is 7.13. The predicted octanol–water partition coefficient (Wildman–Crippen LogP) is 2.14. The fourth-order valence-electron chi connectivity index (χ4n) is 3.79. The second kappa shape index (κ2) is 7.81. The molecule has 1 aliphatic carbocycles. The highest BCUT2D eigenvalue weighted by Crippen LogP contribution is 2.31. The first-order valence-corrected chi connectivity index (χ1v) is 11.1. The summed E-state index contributed by atoms with van der Waals surface area (Å²) in [6, 6.07) is 0. The standard InChI is InChI=1S/C18H25N5O2S2/c1-12-21-22-17(26-12)23-10-7-18(25-2,8-11-23)16(24)19-9-6-15-20-13-4-3-5-14(13)27-15/h3-11H2,1-2H3,(H,19,24). The number of thiazole rings is 1. The average Bonchev–Trinajstić information content (AvgIpc) is 3.38. The molecule has 27 heavy (non-hydrogen) atoms. The van der Waals surface area contributed by atoms with Crippen LogP contribution in [0.5, 0.6) is 0 Å². The van der Waals surface area contributed by atoms with Crippen molar-refractivity contribution in [2.24, 2.45) is 0 Å². The second-order valence-corrected chi connectivity index (χ2v) is 9.45. The molecule has 0 spiro atoms. The van der Waals surface area contributed by atoms with E-state index in [9.17, 15) is 4.79 Å². The minimum absolute atomic E-state index is 0.0119. The number of anilines is 1. The Kier molecular flexibility index (Phi) is 5.43. The third-order valence-electron chi connectivity index (χ3n) is 5.43. The Balaban J connectivity index is 1.30. The van der Waals surface area contributed by atoms with Crippen LogP contribution in [0, 0.1) is 6.92 Å². The molecule has 1 amide bonds. The first-order chi connectivity index (χ1) is 13.1. The van der Waals surface area contributed by atoms with Gasteiger partial charge in [0.2, 0.25) is 5.13 Å². The summed E-state index contributed by atoms with van der Waals surface area (Å²) in [5.41, 5.74) is 0.523. The van der Waals surface area contributed by atoms with Gasteiger partial charge in [-0.05, 0) is 26.2 Å². The zero-order valence-electron chi connectivity index (χ0n) is 15.8. The quantitative estimate of drug-likeness (QED) is 0.790. The molecular weight excluding hydrogens is 382 g/mol. The van der Waals surface area contributed by atoms with Gasteiger partial charge in [-0.2, -0.15) is 0 Å². The van der Waals surface area contributed by atoms with Gasteiger partial charge in [0.05, 0.1) is 10.7 Å². The molecule has 0 unspecified atom stereocenters. The van der Waals surface area contributed by atoms with Crippen molar-refractivity contribution in [3.8, 4) is 0 Å². The van der Waals surface area contributed by atoms with E-state index in [0.717, 1.165) is 47.5 Å². The molecule has 4 rings (SSSR count). The van der Waals surface area contributed by atoms with E-state index in [1.54, 1.807) is 29.8 Å². The van der Waals surface area contributed by atoms with Crippen molar-refractivity contribution >= 4 is 33.7 Å². The molecule has 2 aromatic rings. The molecule has 2 aromatic heterocycles. The number of hydrogen-bond donors (Lipinski definition) is 1. The van der Waals surface area contributed by atoms with Gasteiger partial charge in [-0.3, -0.25) is 4.79 Å². The zero-order chi connectivity index (χ0) is 18.9. The Labute approximate surface area is 167 Å². The molecule has 2 aliphatic rings. The smallest absolute Gasteiger partial charge is 0.252 e. The maximum atomic E-state index is 12.8. The lowest BCUT2D eigenvalue weighted by atomic mass is 9.90. The predicted molar refractivity (Wildman–Crippen MR) is 107 cm³/mol. The Morgan fingerprint density at radius 1 is 1.26 bits per heavy atom. The van der Waals surface area contributed by atoms with Crippen molar-refractivity contribution in [3.05, 3.63) is 20.6 Å². The lowest BCUT2D eigenvalue weighted by Gasteiger charge is -2.39. The van der Waals surface area contributed by atoms with Crippen LogP contribution < -0.4 is 10.2 Å². The highest BCUT2D eigenvalue weighted by molar-refractivity contribution is 7.15. The summed E-state index contributed by atoms with van der Waals surface area (Å²) in [5, 5.41) is 14.4. The number of amides is 1. The number of hydrogen-bond acceptors (Lipinski definition) is 8. The number of aryl methyl sites for hydroxylation is 3. The highest BCUT2D eigenvalue weighted by atomic mass is 32.1. The van der Waals surface area contributed by atoms with Gasteiger partial charge in [0.25, 0.3) is 5.91 Å². The van der Waals surface area contributed by atoms with E-state index < -0.39 is 5.60 Å². The summed E-state index contributed by atoms with van der Waals surface area (Å²) in [6.07, 6.45) is 5.60. The van der Waals surface area contributed by atoms with E-state index in [0.29, 0.717) is 19.4 Å². The molecular formula is C18H25N5O2S2. The number of carbonyl (C=O) groups is 1. The lowest BCUT2D eigenvalue weighted by Crippen LogP contribution is -2.55. The van der Waals surface area contributed by atoms with Crippen molar-refractivity contribution in [3.63, 3.8) is 0 Å². The molecule has 0 saturated carbocycles. The van der Waals surface area contributed by atoms with Gasteiger partial charge < -0.3 is 15.0 Å². The first kappa shape index (κ1) is 18.8. The molecule has 1 N–H and O–H groups in total. The van der Waals surface area contributed by atoms with Crippen LogP contribution in [-0.4, -0.2) is 53.4 Å². The molecule has 0 atom stereocenters. The monoisotopic (exact) mass is 407 g/mol. The van der Waals surface area contributed by atoms with Crippen LogP contribution in [0.15, 0.2) is 0 Å². The normalized spacial score (nSPS) is 18.5. The molecule has 146 valence electrons. The Morgan fingerprint density at radius 2 is 2.07 bits per heavy atom. The average molecular weight is 408 g/mol. The van der Waals surface area contributed by atoms with Gasteiger partial charge in [0, 0.05) is 50.9 Å². The largest absolute Gasteiger partial charge is 0.368 e. The van der Waals surface area contributed by atoms with Crippen LogP contribution >= 0.6 is 22.7 Å². The third kappa shape index (κ3) is 3.86. The van der Waals surface area contributed by atoms with Crippen LogP contribution in [0.4, 0.5) is 5.13 Å². The SMILES string of the molecule is COC1(C(=O)NCCc2nc3c(s2)CCC3)CCN(c2nnc(C)s2)CC1. The van der Waals surface area contributed by atoms with Gasteiger partial charge in [-0.15, -0.1) is 21.5 Å². The maximum Gasteiger partial charge on any atom is 0.252 e. The van der Waals surface area contributed by atoms with Gasteiger partial charge in [0.15, 0.2) is 0 Å². The van der Waals surface area contributed by atoms with Crippen molar-refractivity contribution in [2.45, 2.75) is 51.0 Å². The number of methoxy groups -OCH3 is 1. The topological polar surface area (TPSA) is 80.2 Å². The summed E-state index contributed by atoms with van der Waals surface area (Å²) >= 11 is 3.39. The molecule has 0 bridgehead atoms. The van der Waals surface area contributed by atoms with Crippen molar-refractivity contribution < 1.29 is 9.53 Å². The summed E-state index contributed by atoms with van der Waals surface area (Å²) in [7, 11) is 1.63. The summed E-state index contributed by atoms with van der Waals surface area (Å²) in [6.45, 7) is 4.05. The Hall–Kier alpha value is -1.58. The van der Waals surface area contributed by atoms with Gasteiger partial charge in [0.1, 0.15) is 10.6 Å². The minimum Gasteiger partial charge on any atom is -0.368 e. The van der Waals surface area contributed by atoms with Crippen molar-refractivity contribution in [2.75, 3.05) is 31.6 Å². The molecule has 0 radical (unpaired) electrons. The van der Waals surface area contributed by atoms with Crippen LogP contribution in [0.25, 0.3) is 0 Å². The van der Waals surface area contributed by atoms with E-state index >= 15 is 0 Å². The Bertz CT molecular complexity index is 789. The third-order valence-corrected chi connectivity index (χ3v) is 7.54. The zero-order valence-corrected chi connectivity index (χ0v) is 17.4. The Morgan fingerprint density at radius 3 is 2.74 bits per heavy atom. The molecule has 3 heterocycles. The lowest BCUT2D eigenvalue weighted by molar-refractivity contribution is -0.146. The minimum atomic E-state index is -0.749. The van der Waals surface area contributed by atoms with Crippen LogP contribution in [0.1, 0.15) is 39.8 Å². The number of aromatic nitrogens is 3. The fraction of sp³-hybridized carbons (Fsp3) is 0.667. The molecule has 1 saturated heterocycles. The van der Waals surface area contributed by atoms with Crippen molar-refractivity contribution in [1.29, 1.82) is 0 Å². The summed E-state index contributed by atoms with van der Waals surface area (Å²) in [4.78, 5) is 21.2. The number of fused-ring (bicyclic) bond motifs is 1. The highest BCUT2D eigenvalue weighted by Gasteiger charge is 2.42. The van der Waals surface area contributed by atoms with Gasteiger partial charge >= 0.3 is 0 Å². The number of ether oxygens (including phenoxy) is 1. The van der Waals surface area contributed by atoms with Crippen LogP contribution in [-0.2, 0) is 28.8 Å². The number of nitrogens with zero attached hydrogens (tertiary/aromatic N) is 4. The van der Waals surface area contributed by atoms with E-state index in [1.165, 1.54) is 17.0 Å². The van der Waals surface area contributed by atoms with E-state index in [2.05, 4.69) is 20.4 Å². The van der Waals surface area contributed by atoms with E-state index in [4.69, 9.17) is 9.72 Å². The molecule has 7 nitrogen and oxygen atoms in total. The fourth-order valence-corrected chi connectivity index (χ4v) is 5.69. The van der Waals surface area contributed by atoms with E-state index in [-0.39, 0.29) is 5.91 Å². The number of piperidine rings is 1. The number of nitrogens with one attached hydrogen (secondary N) is 1. The number of rotatable bonds is 6. The van der Waals surface area contributed by atoms with Crippen molar-refractivity contribution in [1.82, 2.24) is 20.5 Å². The van der Waals surface area contributed by atoms with E-state index in [1.807, 2.05) is 6.92 Å². The van der Waals surface area contributed by atoms with Gasteiger partial charge in [-0.25, -0.2) is 4.98 Å². The van der Waals surface area contributed by atoms with Crippen LogP contribution in [0.3, 0.4) is 0 Å². The molecule has 1 aliphatic heterocycles. The molecule has 9 heteroatoms. The molecule has 0 aromatic carbocycles. The molecule has 1 fully saturated rings. The first-order valence-electron chi connectivity index (χ1n) is 9.45. The summed E-state index contributed by atoms with van der Waals surface area (Å²) < 4.78 is 5.70. The maximum absolute atomic E-state index is 12.8.